The van der Waals surface area contributed by atoms with Crippen molar-refractivity contribution in [2.75, 3.05) is 29.3 Å². The Kier molecular flexibility index (Phi) is 6.19. The van der Waals surface area contributed by atoms with Crippen LogP contribution in [0, 0.1) is 0 Å². The van der Waals surface area contributed by atoms with Crippen molar-refractivity contribution in [2.24, 2.45) is 0 Å². The molecule has 3 aromatic rings. The van der Waals surface area contributed by atoms with E-state index in [1.807, 2.05) is 41.9 Å². The standard InChI is InChI=1S/C23H22IN3O6/c1-4-14(12-8-9-16-17(10-12)33-11-32-16)25-18-19(22(30)21(18)29)27(24)15-7-5-6-13(20(15)28)23(31)26(2)3/h5-10,14,25,28H,4,11H2,1-3H3. The van der Waals surface area contributed by atoms with Gasteiger partial charge in [-0.15, -0.1) is 0 Å². The highest BCUT2D eigenvalue weighted by atomic mass is 127. The second-order valence-electron chi connectivity index (χ2n) is 7.75. The molecule has 0 saturated carbocycles. The Morgan fingerprint density at radius 1 is 1.15 bits per heavy atom. The molecule has 1 aliphatic heterocycles. The van der Waals surface area contributed by atoms with Gasteiger partial charge in [-0.1, -0.05) is 19.1 Å². The first-order chi connectivity index (χ1) is 15.7. The molecule has 1 heterocycles. The van der Waals surface area contributed by atoms with Crippen molar-refractivity contribution < 1.29 is 19.4 Å². The molecule has 10 heteroatoms. The van der Waals surface area contributed by atoms with Gasteiger partial charge in [0.05, 0.1) is 40.2 Å². The van der Waals surface area contributed by atoms with Crippen molar-refractivity contribution in [2.45, 2.75) is 19.4 Å². The maximum Gasteiger partial charge on any atom is 0.257 e. The predicted molar refractivity (Wildman–Crippen MR) is 133 cm³/mol. The lowest BCUT2D eigenvalue weighted by molar-refractivity contribution is 0.0824. The highest BCUT2D eigenvalue weighted by molar-refractivity contribution is 14.1. The number of hydrogen-bond acceptors (Lipinski definition) is 8. The molecular weight excluding hydrogens is 541 g/mol. The molecule has 33 heavy (non-hydrogen) atoms. The molecule has 2 N–H and O–H groups in total. The molecule has 0 fully saturated rings. The number of nitrogens with zero attached hydrogens (tertiary/aromatic N) is 2. The van der Waals surface area contributed by atoms with Gasteiger partial charge in [-0.05, 0) is 36.2 Å². The van der Waals surface area contributed by atoms with Crippen LogP contribution in [0.5, 0.6) is 17.2 Å². The average Bonchev–Trinajstić information content (AvgIpc) is 3.28. The molecular formula is C23H22IN3O6. The molecule has 172 valence electrons. The molecule has 0 spiro atoms. The lowest BCUT2D eigenvalue weighted by Crippen LogP contribution is -2.39. The van der Waals surface area contributed by atoms with Crippen LogP contribution in [-0.2, 0) is 0 Å². The Hall–Kier alpha value is -3.28. The number of nitrogens with one attached hydrogen (secondary N) is 1. The number of hydrogen-bond donors (Lipinski definition) is 2. The van der Waals surface area contributed by atoms with Gasteiger partial charge in [0.1, 0.15) is 11.4 Å². The number of carbonyl (C=O) groups is 1. The molecule has 1 unspecified atom stereocenters. The lowest BCUT2D eigenvalue weighted by Gasteiger charge is -2.26. The molecule has 3 aromatic carbocycles. The third kappa shape index (κ3) is 3.99. The smallest absolute Gasteiger partial charge is 0.257 e. The van der Waals surface area contributed by atoms with E-state index in [1.165, 1.54) is 14.1 Å². The van der Waals surface area contributed by atoms with E-state index < -0.39 is 10.9 Å². The number of aromatic hydroxyl groups is 1. The third-order valence-electron chi connectivity index (χ3n) is 5.47. The zero-order valence-electron chi connectivity index (χ0n) is 18.2. The van der Waals surface area contributed by atoms with E-state index in [0.717, 1.165) is 5.56 Å². The highest BCUT2D eigenvalue weighted by Crippen LogP contribution is 2.41. The maximum atomic E-state index is 12.5. The zero-order chi connectivity index (χ0) is 23.9. The van der Waals surface area contributed by atoms with Crippen molar-refractivity contribution in [1.29, 1.82) is 0 Å². The minimum absolute atomic E-state index is 0.0965. The van der Waals surface area contributed by atoms with Crippen LogP contribution >= 0.6 is 22.9 Å². The number of halogens is 1. The van der Waals surface area contributed by atoms with E-state index in [-0.39, 0.29) is 47.1 Å². The van der Waals surface area contributed by atoms with Gasteiger partial charge in [-0.3, -0.25) is 17.5 Å². The largest absolute Gasteiger partial charge is 0.505 e. The Labute approximate surface area is 203 Å². The summed E-state index contributed by atoms with van der Waals surface area (Å²) >= 11 is 1.85. The van der Waals surface area contributed by atoms with Crippen LogP contribution in [0.1, 0.15) is 35.3 Å². The fraction of sp³-hybridized carbons (Fsp3) is 0.261. The fourth-order valence-electron chi connectivity index (χ4n) is 3.65. The maximum absolute atomic E-state index is 12.5. The van der Waals surface area contributed by atoms with Crippen molar-refractivity contribution >= 4 is 45.8 Å². The summed E-state index contributed by atoms with van der Waals surface area (Å²) in [5, 5.41) is 13.9. The molecule has 9 nitrogen and oxygen atoms in total. The third-order valence-corrected chi connectivity index (χ3v) is 6.47. The van der Waals surface area contributed by atoms with Gasteiger partial charge >= 0.3 is 0 Å². The van der Waals surface area contributed by atoms with E-state index in [1.54, 1.807) is 32.3 Å². The van der Waals surface area contributed by atoms with Crippen LogP contribution in [0.2, 0.25) is 0 Å². The summed E-state index contributed by atoms with van der Waals surface area (Å²) in [6.45, 7) is 2.12. The number of phenolic OH excluding ortho intramolecular Hbond substituents is 1. The van der Waals surface area contributed by atoms with Crippen molar-refractivity contribution in [3.8, 4) is 17.2 Å². The number of ether oxygens (including phenoxy) is 2. The van der Waals surface area contributed by atoms with Crippen molar-refractivity contribution in [3.05, 3.63) is 68.0 Å². The summed E-state index contributed by atoms with van der Waals surface area (Å²) in [5.41, 5.74) is 0.171. The number of rotatable bonds is 7. The predicted octanol–water partition coefficient (Wildman–Crippen LogP) is 3.47. The number of benzene rings is 2. The van der Waals surface area contributed by atoms with E-state index in [4.69, 9.17) is 9.47 Å². The van der Waals surface area contributed by atoms with E-state index in [2.05, 4.69) is 5.32 Å². The van der Waals surface area contributed by atoms with Gasteiger partial charge in [-0.25, -0.2) is 0 Å². The van der Waals surface area contributed by atoms with Crippen molar-refractivity contribution in [3.63, 3.8) is 0 Å². The van der Waals surface area contributed by atoms with Gasteiger partial charge in [0.15, 0.2) is 17.2 Å². The van der Waals surface area contributed by atoms with Gasteiger partial charge in [0.2, 0.25) is 6.79 Å². The topological polar surface area (TPSA) is 108 Å². The van der Waals surface area contributed by atoms with Gasteiger partial charge in [-0.2, -0.15) is 0 Å². The first kappa shape index (κ1) is 22.9. The van der Waals surface area contributed by atoms with Crippen LogP contribution in [0.3, 0.4) is 0 Å². The Balaban J connectivity index is 1.66. The van der Waals surface area contributed by atoms with Gasteiger partial charge in [0, 0.05) is 14.1 Å². The SMILES string of the molecule is CCC(Nc1c(N(I)c2cccc(C(=O)N(C)C)c2O)c(=O)c1=O)c1ccc2c(c1)OCO2. The molecule has 0 radical (unpaired) electrons. The monoisotopic (exact) mass is 563 g/mol. The molecule has 1 amide bonds. The minimum atomic E-state index is -0.670. The fourth-order valence-corrected chi connectivity index (χ4v) is 4.50. The van der Waals surface area contributed by atoms with E-state index in [0.29, 0.717) is 17.9 Å². The highest BCUT2D eigenvalue weighted by Gasteiger charge is 2.30. The molecule has 0 aliphatic carbocycles. The quantitative estimate of drug-likeness (QED) is 0.256. The van der Waals surface area contributed by atoms with Gasteiger partial charge in [0.25, 0.3) is 16.8 Å². The van der Waals surface area contributed by atoms with Gasteiger partial charge < -0.3 is 24.8 Å². The first-order valence-electron chi connectivity index (χ1n) is 10.2. The molecule has 0 bridgehead atoms. The lowest BCUT2D eigenvalue weighted by atomic mass is 10.0. The number of para-hydroxylation sites is 1. The molecule has 1 atom stereocenters. The molecule has 4 rings (SSSR count). The Bertz CT molecular complexity index is 1300. The average molecular weight is 563 g/mol. The summed E-state index contributed by atoms with van der Waals surface area (Å²) in [4.78, 5) is 38.7. The van der Waals surface area contributed by atoms with Crippen LogP contribution in [0.4, 0.5) is 17.1 Å². The first-order valence-corrected chi connectivity index (χ1v) is 11.2. The van der Waals surface area contributed by atoms with Crippen molar-refractivity contribution in [1.82, 2.24) is 4.90 Å². The van der Waals surface area contributed by atoms with E-state index >= 15 is 0 Å². The summed E-state index contributed by atoms with van der Waals surface area (Å²) in [6, 6.07) is 9.95. The van der Waals surface area contributed by atoms with Crippen LogP contribution in [-0.4, -0.2) is 36.8 Å². The van der Waals surface area contributed by atoms with Crippen LogP contribution in [0.15, 0.2) is 46.0 Å². The summed E-state index contributed by atoms with van der Waals surface area (Å²) < 4.78 is 12.2. The summed E-state index contributed by atoms with van der Waals surface area (Å²) in [5.74, 6) is 0.633. The minimum Gasteiger partial charge on any atom is -0.505 e. The number of fused-ring (bicyclic) bond motifs is 1. The Morgan fingerprint density at radius 3 is 2.58 bits per heavy atom. The molecule has 0 saturated heterocycles. The second kappa shape index (κ2) is 8.93. The van der Waals surface area contributed by atoms with E-state index in [9.17, 15) is 19.5 Å². The summed E-state index contributed by atoms with van der Waals surface area (Å²) in [6.07, 6.45) is 0.636. The number of anilines is 3. The number of phenols is 1. The second-order valence-corrected chi connectivity index (χ2v) is 8.72. The zero-order valence-corrected chi connectivity index (χ0v) is 20.4. The molecule has 1 aliphatic rings. The molecule has 0 aromatic heterocycles. The van der Waals surface area contributed by atoms with Crippen LogP contribution < -0.4 is 28.8 Å². The number of amides is 1. The van der Waals surface area contributed by atoms with Crippen LogP contribution in [0.25, 0.3) is 0 Å². The Morgan fingerprint density at radius 2 is 1.88 bits per heavy atom. The normalized spacial score (nSPS) is 13.1. The summed E-state index contributed by atoms with van der Waals surface area (Å²) in [7, 11) is 3.16. The number of carbonyl (C=O) groups excluding carboxylic acids is 1.